The number of alkyl halides is 1. The maximum atomic E-state index is 12.7. The van der Waals surface area contributed by atoms with E-state index in [4.69, 9.17) is 5.11 Å². The van der Waals surface area contributed by atoms with Crippen LogP contribution < -0.4 is 0 Å². The van der Waals surface area contributed by atoms with E-state index in [0.717, 1.165) is 11.1 Å². The lowest BCUT2D eigenvalue weighted by Gasteiger charge is -2.19. The lowest BCUT2D eigenvalue weighted by molar-refractivity contribution is -0.576. The first-order chi connectivity index (χ1) is 8.04. The summed E-state index contributed by atoms with van der Waals surface area (Å²) in [5.74, 6) is 0. The standard InChI is InChI=1S/C12H16FNO3/c1-10-2-4-11(5-3-10)6-7-12(8-13,9-15)14(16)17/h2-5,15H,6-9H2,1H3. The van der Waals surface area contributed by atoms with Gasteiger partial charge in [-0.3, -0.25) is 10.1 Å². The van der Waals surface area contributed by atoms with Gasteiger partial charge in [0.15, 0.2) is 6.67 Å². The van der Waals surface area contributed by atoms with Gasteiger partial charge >= 0.3 is 0 Å². The quantitative estimate of drug-likeness (QED) is 0.611. The van der Waals surface area contributed by atoms with E-state index in [1.807, 2.05) is 31.2 Å². The van der Waals surface area contributed by atoms with Crippen molar-refractivity contribution in [2.24, 2.45) is 0 Å². The van der Waals surface area contributed by atoms with Crippen molar-refractivity contribution in [3.8, 4) is 0 Å². The Morgan fingerprint density at radius 2 is 2.00 bits per heavy atom. The number of halogens is 1. The predicted octanol–water partition coefficient (Wildman–Crippen LogP) is 1.90. The second-order valence-corrected chi connectivity index (χ2v) is 4.26. The van der Waals surface area contributed by atoms with Crippen LogP contribution in [0.15, 0.2) is 24.3 Å². The molecule has 1 unspecified atom stereocenters. The van der Waals surface area contributed by atoms with Crippen LogP contribution >= 0.6 is 0 Å². The van der Waals surface area contributed by atoms with Gasteiger partial charge in [0.05, 0.1) is 0 Å². The zero-order valence-corrected chi connectivity index (χ0v) is 9.73. The average molecular weight is 241 g/mol. The Kier molecular flexibility index (Phi) is 4.57. The van der Waals surface area contributed by atoms with Gasteiger partial charge in [-0.25, -0.2) is 4.39 Å². The molecular formula is C12H16FNO3. The summed E-state index contributed by atoms with van der Waals surface area (Å²) in [7, 11) is 0. The normalized spacial score (nSPS) is 14.3. The third-order valence-corrected chi connectivity index (χ3v) is 2.93. The molecule has 0 spiro atoms. The smallest absolute Gasteiger partial charge is 0.272 e. The Balaban J connectivity index is 2.70. The average Bonchev–Trinajstić information content (AvgIpc) is 2.33. The molecule has 0 bridgehead atoms. The lowest BCUT2D eigenvalue weighted by Crippen LogP contribution is -2.44. The van der Waals surface area contributed by atoms with Gasteiger partial charge in [0.25, 0.3) is 5.54 Å². The molecule has 1 N–H and O–H groups in total. The Hall–Kier alpha value is -1.49. The third kappa shape index (κ3) is 3.23. The van der Waals surface area contributed by atoms with Crippen molar-refractivity contribution in [1.29, 1.82) is 0 Å². The number of nitro groups is 1. The van der Waals surface area contributed by atoms with Gasteiger partial charge in [-0.05, 0) is 18.9 Å². The van der Waals surface area contributed by atoms with E-state index in [2.05, 4.69) is 0 Å². The van der Waals surface area contributed by atoms with E-state index < -0.39 is 23.7 Å². The molecule has 1 aromatic carbocycles. The molecule has 0 saturated heterocycles. The van der Waals surface area contributed by atoms with E-state index in [9.17, 15) is 14.5 Å². The van der Waals surface area contributed by atoms with Crippen molar-refractivity contribution >= 4 is 0 Å². The number of hydrogen-bond acceptors (Lipinski definition) is 3. The first-order valence-corrected chi connectivity index (χ1v) is 5.41. The molecule has 0 saturated carbocycles. The molecule has 1 rings (SSSR count). The lowest BCUT2D eigenvalue weighted by atomic mass is 9.94. The number of nitrogens with zero attached hydrogens (tertiary/aromatic N) is 1. The molecule has 1 atom stereocenters. The van der Waals surface area contributed by atoms with E-state index in [1.165, 1.54) is 0 Å². The molecule has 0 amide bonds. The Morgan fingerprint density at radius 1 is 1.41 bits per heavy atom. The monoisotopic (exact) mass is 241 g/mol. The number of aryl methyl sites for hydroxylation is 2. The Morgan fingerprint density at radius 3 is 2.41 bits per heavy atom. The zero-order chi connectivity index (χ0) is 12.9. The number of hydrogen-bond donors (Lipinski definition) is 1. The molecule has 5 heteroatoms. The fourth-order valence-corrected chi connectivity index (χ4v) is 1.52. The van der Waals surface area contributed by atoms with Gasteiger partial charge in [0, 0.05) is 11.3 Å². The van der Waals surface area contributed by atoms with Crippen LogP contribution in [-0.2, 0) is 6.42 Å². The Bertz CT molecular complexity index is 374. The molecule has 0 aliphatic rings. The van der Waals surface area contributed by atoms with Crippen molar-refractivity contribution < 1.29 is 14.4 Å². The first-order valence-electron chi connectivity index (χ1n) is 5.41. The topological polar surface area (TPSA) is 63.4 Å². The van der Waals surface area contributed by atoms with E-state index in [-0.39, 0.29) is 6.42 Å². The van der Waals surface area contributed by atoms with Crippen molar-refractivity contribution in [3.05, 3.63) is 45.5 Å². The minimum Gasteiger partial charge on any atom is -0.389 e. The number of rotatable bonds is 6. The van der Waals surface area contributed by atoms with Crippen LogP contribution in [0.1, 0.15) is 17.5 Å². The summed E-state index contributed by atoms with van der Waals surface area (Å²) in [5, 5.41) is 19.8. The number of aliphatic hydroxyl groups excluding tert-OH is 1. The minimum atomic E-state index is -1.86. The van der Waals surface area contributed by atoms with Gasteiger partial charge < -0.3 is 5.11 Å². The van der Waals surface area contributed by atoms with Crippen molar-refractivity contribution in [2.45, 2.75) is 25.3 Å². The molecule has 4 nitrogen and oxygen atoms in total. The largest absolute Gasteiger partial charge is 0.389 e. The summed E-state index contributed by atoms with van der Waals surface area (Å²) in [6.07, 6.45) is 0.377. The van der Waals surface area contributed by atoms with E-state index in [0.29, 0.717) is 6.42 Å². The third-order valence-electron chi connectivity index (χ3n) is 2.93. The number of aliphatic hydroxyl groups is 1. The van der Waals surface area contributed by atoms with Crippen LogP contribution in [0.4, 0.5) is 4.39 Å². The predicted molar refractivity (Wildman–Crippen MR) is 62.3 cm³/mol. The summed E-state index contributed by atoms with van der Waals surface area (Å²) < 4.78 is 12.7. The van der Waals surface area contributed by atoms with E-state index in [1.54, 1.807) is 0 Å². The summed E-state index contributed by atoms with van der Waals surface area (Å²) in [5.41, 5.74) is 0.149. The molecule has 0 aliphatic carbocycles. The number of benzene rings is 1. The highest BCUT2D eigenvalue weighted by atomic mass is 19.1. The fraction of sp³-hybridized carbons (Fsp3) is 0.500. The molecule has 94 valence electrons. The summed E-state index contributed by atoms with van der Waals surface area (Å²) in [4.78, 5) is 10.0. The van der Waals surface area contributed by atoms with Crippen molar-refractivity contribution in [2.75, 3.05) is 13.3 Å². The highest BCUT2D eigenvalue weighted by molar-refractivity contribution is 5.21. The fourth-order valence-electron chi connectivity index (χ4n) is 1.52. The molecule has 0 heterocycles. The van der Waals surface area contributed by atoms with Gasteiger partial charge in [-0.1, -0.05) is 29.8 Å². The SMILES string of the molecule is Cc1ccc(CCC(CO)(CF)[N+](=O)[O-])cc1. The zero-order valence-electron chi connectivity index (χ0n) is 9.73. The highest BCUT2D eigenvalue weighted by Crippen LogP contribution is 2.19. The van der Waals surface area contributed by atoms with Crippen LogP contribution in [0, 0.1) is 17.0 Å². The van der Waals surface area contributed by atoms with Crippen LogP contribution in [0.3, 0.4) is 0 Å². The van der Waals surface area contributed by atoms with E-state index >= 15 is 0 Å². The van der Waals surface area contributed by atoms with Gasteiger partial charge in [-0.2, -0.15) is 0 Å². The second-order valence-electron chi connectivity index (χ2n) is 4.26. The summed E-state index contributed by atoms with van der Waals surface area (Å²) in [6.45, 7) is 0.0190. The maximum Gasteiger partial charge on any atom is 0.272 e. The molecule has 0 fully saturated rings. The van der Waals surface area contributed by atoms with Crippen LogP contribution in [0.5, 0.6) is 0 Å². The van der Waals surface area contributed by atoms with Gasteiger partial charge in [-0.15, -0.1) is 0 Å². The van der Waals surface area contributed by atoms with Crippen LogP contribution in [0.2, 0.25) is 0 Å². The molecule has 0 aromatic heterocycles. The molecule has 0 aliphatic heterocycles. The molecule has 0 radical (unpaired) electrons. The van der Waals surface area contributed by atoms with Gasteiger partial charge in [0.1, 0.15) is 6.61 Å². The first kappa shape index (κ1) is 13.6. The summed E-state index contributed by atoms with van der Waals surface area (Å²) >= 11 is 0. The van der Waals surface area contributed by atoms with Crippen LogP contribution in [0.25, 0.3) is 0 Å². The van der Waals surface area contributed by atoms with Gasteiger partial charge in [0.2, 0.25) is 0 Å². The molecular weight excluding hydrogens is 225 g/mol. The molecule has 1 aromatic rings. The van der Waals surface area contributed by atoms with Crippen LogP contribution in [-0.4, -0.2) is 28.9 Å². The minimum absolute atomic E-state index is 0.00391. The maximum absolute atomic E-state index is 12.7. The summed E-state index contributed by atoms with van der Waals surface area (Å²) in [6, 6.07) is 7.51. The van der Waals surface area contributed by atoms with Crippen molar-refractivity contribution in [1.82, 2.24) is 0 Å². The molecule has 17 heavy (non-hydrogen) atoms. The highest BCUT2D eigenvalue weighted by Gasteiger charge is 2.42. The second kappa shape index (κ2) is 5.72. The Labute approximate surface area is 99.2 Å². The van der Waals surface area contributed by atoms with Crippen molar-refractivity contribution in [3.63, 3.8) is 0 Å².